The summed E-state index contributed by atoms with van der Waals surface area (Å²) in [4.78, 5) is 38.2. The number of alkyl halides is 1. The molecule has 0 spiro atoms. The number of nitrogens with two attached hydrogens (primary N) is 1. The smallest absolute Gasteiger partial charge is 0.269 e. The van der Waals surface area contributed by atoms with Gasteiger partial charge in [-0.2, -0.15) is 5.10 Å². The largest absolute Gasteiger partial charge is 0.364 e. The van der Waals surface area contributed by atoms with Gasteiger partial charge in [-0.05, 0) is 19.1 Å². The molecule has 3 N–H and O–H groups in total. The van der Waals surface area contributed by atoms with Gasteiger partial charge < -0.3 is 16.0 Å². The third kappa shape index (κ3) is 5.46. The lowest BCUT2D eigenvalue weighted by molar-refractivity contribution is -0.139. The van der Waals surface area contributed by atoms with Crippen LogP contribution in [0.5, 0.6) is 0 Å². The summed E-state index contributed by atoms with van der Waals surface area (Å²) in [6.45, 7) is -0.364. The fraction of sp³-hybridized carbons (Fsp3) is 0.273. The summed E-state index contributed by atoms with van der Waals surface area (Å²) < 4.78 is 28.7. The number of aromatic nitrogens is 2. The van der Waals surface area contributed by atoms with E-state index in [1.54, 1.807) is 30.3 Å². The van der Waals surface area contributed by atoms with E-state index in [0.717, 1.165) is 4.90 Å². The van der Waals surface area contributed by atoms with Crippen molar-refractivity contribution in [2.24, 2.45) is 5.73 Å². The number of para-hydroxylation sites is 1. The number of nitrogens with zero attached hydrogens (tertiary/aromatic N) is 3. The van der Waals surface area contributed by atoms with E-state index in [-0.39, 0.29) is 29.4 Å². The summed E-state index contributed by atoms with van der Waals surface area (Å²) in [5.74, 6) is -2.60. The predicted molar refractivity (Wildman–Crippen MR) is 119 cm³/mol. The number of primary amides is 1. The maximum atomic E-state index is 14.0. The fourth-order valence-corrected chi connectivity index (χ4v) is 3.51. The van der Waals surface area contributed by atoms with Crippen molar-refractivity contribution >= 4 is 40.2 Å². The number of halogens is 3. The van der Waals surface area contributed by atoms with E-state index in [1.807, 2.05) is 0 Å². The van der Waals surface area contributed by atoms with Crippen LogP contribution in [-0.4, -0.2) is 51.7 Å². The summed E-state index contributed by atoms with van der Waals surface area (Å²) in [5.41, 5.74) is 6.05. The van der Waals surface area contributed by atoms with E-state index in [2.05, 4.69) is 10.4 Å². The molecule has 0 saturated carbocycles. The average molecular weight is 478 g/mol. The number of fused-ring (bicyclic) bond motifs is 1. The van der Waals surface area contributed by atoms with Crippen molar-refractivity contribution in [2.75, 3.05) is 13.2 Å². The molecule has 0 aliphatic heterocycles. The molecule has 0 aliphatic rings. The molecule has 3 amide bonds. The first-order valence-corrected chi connectivity index (χ1v) is 10.4. The van der Waals surface area contributed by atoms with Gasteiger partial charge in [0.05, 0.1) is 23.1 Å². The van der Waals surface area contributed by atoms with Crippen molar-refractivity contribution in [3.8, 4) is 0 Å². The summed E-state index contributed by atoms with van der Waals surface area (Å²) in [5, 5.41) is 7.02. The van der Waals surface area contributed by atoms with Crippen LogP contribution < -0.4 is 11.1 Å². The van der Waals surface area contributed by atoms with E-state index in [9.17, 15) is 23.2 Å². The first kappa shape index (κ1) is 24.1. The number of hydrogen-bond acceptors (Lipinski definition) is 4. The molecule has 0 aliphatic carbocycles. The zero-order chi connectivity index (χ0) is 24.1. The second-order valence-corrected chi connectivity index (χ2v) is 7.81. The highest BCUT2D eigenvalue weighted by Gasteiger charge is 2.25. The van der Waals surface area contributed by atoms with Gasteiger partial charge in [0.25, 0.3) is 5.91 Å². The van der Waals surface area contributed by atoms with Crippen LogP contribution in [0.3, 0.4) is 0 Å². The van der Waals surface area contributed by atoms with Crippen LogP contribution in [-0.2, 0) is 22.7 Å². The Morgan fingerprint density at radius 3 is 2.64 bits per heavy atom. The van der Waals surface area contributed by atoms with Gasteiger partial charge in [-0.1, -0.05) is 41.9 Å². The topological polar surface area (TPSA) is 110 Å². The van der Waals surface area contributed by atoms with E-state index in [0.29, 0.717) is 10.9 Å². The second-order valence-electron chi connectivity index (χ2n) is 7.40. The van der Waals surface area contributed by atoms with Gasteiger partial charge in [0.15, 0.2) is 5.69 Å². The van der Waals surface area contributed by atoms with Crippen molar-refractivity contribution in [2.45, 2.75) is 26.1 Å². The SMILES string of the molecule is CC(CF)N(CC(=O)NCc1cccc(Cl)c1F)C(=O)Cn1nc(C(N)=O)c2ccccc21. The number of benzene rings is 2. The molecule has 174 valence electrons. The molecule has 8 nitrogen and oxygen atoms in total. The quantitative estimate of drug-likeness (QED) is 0.493. The summed E-state index contributed by atoms with van der Waals surface area (Å²) in [6.07, 6.45) is 0. The van der Waals surface area contributed by atoms with Crippen LogP contribution in [0.4, 0.5) is 8.78 Å². The number of rotatable bonds is 9. The normalized spacial score (nSPS) is 11.9. The molecule has 3 rings (SSSR count). The highest BCUT2D eigenvalue weighted by molar-refractivity contribution is 6.30. The molecule has 0 fully saturated rings. The molecule has 1 aromatic heterocycles. The molecule has 1 heterocycles. The van der Waals surface area contributed by atoms with Gasteiger partial charge in [0.1, 0.15) is 19.0 Å². The molecule has 11 heteroatoms. The van der Waals surface area contributed by atoms with Crippen LogP contribution >= 0.6 is 11.6 Å². The highest BCUT2D eigenvalue weighted by atomic mass is 35.5. The summed E-state index contributed by atoms with van der Waals surface area (Å²) in [7, 11) is 0. The standard InChI is InChI=1S/C22H22ClF2N5O3/c1-13(9-24)29(11-18(31)27-10-14-5-4-7-16(23)20(14)25)19(32)12-30-17-8-3-2-6-15(17)21(28-30)22(26)33/h2-8,13H,9-12H2,1H3,(H2,26,33)(H,27,31). The molecular weight excluding hydrogens is 456 g/mol. The van der Waals surface area contributed by atoms with Gasteiger partial charge in [-0.25, -0.2) is 8.78 Å². The van der Waals surface area contributed by atoms with Gasteiger partial charge in [-0.15, -0.1) is 0 Å². The third-order valence-electron chi connectivity index (χ3n) is 5.07. The lowest BCUT2D eigenvalue weighted by Crippen LogP contribution is -2.47. The number of nitrogens with one attached hydrogen (secondary N) is 1. The molecule has 1 unspecified atom stereocenters. The van der Waals surface area contributed by atoms with Crippen LogP contribution in [0.1, 0.15) is 23.0 Å². The van der Waals surface area contributed by atoms with Crippen molar-refractivity contribution in [1.29, 1.82) is 0 Å². The Bertz CT molecular complexity index is 1200. The van der Waals surface area contributed by atoms with Crippen LogP contribution in [0.2, 0.25) is 5.02 Å². The van der Waals surface area contributed by atoms with Crippen LogP contribution in [0.25, 0.3) is 10.9 Å². The molecule has 0 saturated heterocycles. The first-order valence-electron chi connectivity index (χ1n) is 10.0. The van der Waals surface area contributed by atoms with E-state index in [1.165, 1.54) is 23.7 Å². The Morgan fingerprint density at radius 2 is 1.94 bits per heavy atom. The van der Waals surface area contributed by atoms with Crippen molar-refractivity contribution in [3.63, 3.8) is 0 Å². The Balaban J connectivity index is 1.74. The predicted octanol–water partition coefficient (Wildman–Crippen LogP) is 2.43. The molecule has 0 radical (unpaired) electrons. The van der Waals surface area contributed by atoms with Gasteiger partial charge >= 0.3 is 0 Å². The van der Waals surface area contributed by atoms with E-state index >= 15 is 0 Å². The zero-order valence-electron chi connectivity index (χ0n) is 17.7. The summed E-state index contributed by atoms with van der Waals surface area (Å²) >= 11 is 5.74. The van der Waals surface area contributed by atoms with Crippen molar-refractivity contribution in [3.05, 3.63) is 64.6 Å². The van der Waals surface area contributed by atoms with E-state index in [4.69, 9.17) is 17.3 Å². The number of hydrogen-bond donors (Lipinski definition) is 2. The Labute approximate surface area is 193 Å². The first-order chi connectivity index (χ1) is 15.7. The van der Waals surface area contributed by atoms with Crippen molar-refractivity contribution in [1.82, 2.24) is 20.0 Å². The number of amides is 3. The third-order valence-corrected chi connectivity index (χ3v) is 5.37. The van der Waals surface area contributed by atoms with Gasteiger partial charge in [0.2, 0.25) is 11.8 Å². The molecular formula is C22H22ClF2N5O3. The highest BCUT2D eigenvalue weighted by Crippen LogP contribution is 2.19. The Morgan fingerprint density at radius 1 is 1.21 bits per heavy atom. The van der Waals surface area contributed by atoms with Gasteiger partial charge in [0, 0.05) is 17.5 Å². The zero-order valence-corrected chi connectivity index (χ0v) is 18.5. The molecule has 0 bridgehead atoms. The van der Waals surface area contributed by atoms with Crippen LogP contribution in [0.15, 0.2) is 42.5 Å². The number of carbonyl (C=O) groups is 3. The lowest BCUT2D eigenvalue weighted by atomic mass is 10.2. The minimum absolute atomic E-state index is 0.00443. The molecule has 2 aromatic carbocycles. The van der Waals surface area contributed by atoms with Crippen molar-refractivity contribution < 1.29 is 23.2 Å². The fourth-order valence-electron chi connectivity index (χ4n) is 3.31. The Kier molecular flexibility index (Phi) is 7.59. The molecule has 33 heavy (non-hydrogen) atoms. The molecule has 1 atom stereocenters. The lowest BCUT2D eigenvalue weighted by Gasteiger charge is -2.27. The monoisotopic (exact) mass is 477 g/mol. The van der Waals surface area contributed by atoms with E-state index < -0.39 is 42.8 Å². The maximum absolute atomic E-state index is 14.0. The molecule has 3 aromatic rings. The minimum atomic E-state index is -0.899. The summed E-state index contributed by atoms with van der Waals surface area (Å²) in [6, 6.07) is 10.2. The Hall–Kier alpha value is -3.53. The van der Waals surface area contributed by atoms with Crippen LogP contribution in [0, 0.1) is 5.82 Å². The van der Waals surface area contributed by atoms with Gasteiger partial charge in [-0.3, -0.25) is 19.1 Å². The second kappa shape index (κ2) is 10.4. The average Bonchev–Trinajstić information content (AvgIpc) is 3.16. The number of carbonyl (C=O) groups excluding carboxylic acids is 3. The maximum Gasteiger partial charge on any atom is 0.269 e. The minimum Gasteiger partial charge on any atom is -0.364 e.